The summed E-state index contributed by atoms with van der Waals surface area (Å²) >= 11 is 0. The Hall–Kier alpha value is -2.89. The molecule has 0 saturated carbocycles. The van der Waals surface area contributed by atoms with Gasteiger partial charge in [0, 0.05) is 32.8 Å². The number of nitrogens with zero attached hydrogens (tertiary/aromatic N) is 3. The van der Waals surface area contributed by atoms with Gasteiger partial charge in [0.15, 0.2) is 5.76 Å². The Bertz CT molecular complexity index is 961. The summed E-state index contributed by atoms with van der Waals surface area (Å²) in [6, 6.07) is 10.3. The third-order valence-corrected chi connectivity index (χ3v) is 4.84. The first-order valence-corrected chi connectivity index (χ1v) is 10.6. The highest BCUT2D eigenvalue weighted by Gasteiger charge is 2.22. The lowest BCUT2D eigenvalue weighted by Gasteiger charge is -2.22. The van der Waals surface area contributed by atoms with Gasteiger partial charge in [-0.25, -0.2) is 0 Å². The molecule has 168 valence electrons. The predicted molar refractivity (Wildman–Crippen MR) is 126 cm³/mol. The second-order valence-corrected chi connectivity index (χ2v) is 9.03. The maximum absolute atomic E-state index is 12.1. The maximum Gasteiger partial charge on any atom is 0.311 e. The summed E-state index contributed by atoms with van der Waals surface area (Å²) in [5.74, 6) is 0.00795. The molecule has 1 atom stereocenters. The van der Waals surface area contributed by atoms with Crippen LogP contribution in [-0.4, -0.2) is 35.3 Å². The van der Waals surface area contributed by atoms with E-state index in [1.54, 1.807) is 38.7 Å². The first kappa shape index (κ1) is 24.4. The standard InChI is InChI=1S/C25H35N3O3/c1-16(2)24(29)31-18(4)30-23(22-14-17(3)27-28(22)9)21(15-26-8)19-10-12-20(13-11-19)25(5,6)7/h10-16,18H,1-9H3/b23-21-,26-15-. The smallest absolute Gasteiger partial charge is 0.311 e. The predicted octanol–water partition coefficient (Wildman–Crippen LogP) is 5.16. The molecule has 6 heteroatoms. The Balaban J connectivity index is 2.60. The molecule has 1 unspecified atom stereocenters. The number of carbonyl (C=O) groups excluding carboxylic acids is 1. The van der Waals surface area contributed by atoms with Crippen molar-refractivity contribution in [2.75, 3.05) is 7.05 Å². The van der Waals surface area contributed by atoms with Gasteiger partial charge in [0.25, 0.3) is 0 Å². The van der Waals surface area contributed by atoms with Crippen LogP contribution in [0.1, 0.15) is 64.1 Å². The summed E-state index contributed by atoms with van der Waals surface area (Å²) in [4.78, 5) is 16.3. The average Bonchev–Trinajstić information content (AvgIpc) is 3.01. The molecule has 1 aromatic carbocycles. The first-order valence-electron chi connectivity index (χ1n) is 10.6. The Morgan fingerprint density at radius 3 is 2.19 bits per heavy atom. The zero-order chi connectivity index (χ0) is 23.3. The highest BCUT2D eigenvalue weighted by molar-refractivity contribution is 6.18. The largest absolute Gasteiger partial charge is 0.452 e. The van der Waals surface area contributed by atoms with Crippen LogP contribution in [0, 0.1) is 12.8 Å². The number of allylic oxidation sites excluding steroid dienone is 1. The summed E-state index contributed by atoms with van der Waals surface area (Å²) in [6.45, 7) is 13.8. The monoisotopic (exact) mass is 425 g/mol. The van der Waals surface area contributed by atoms with Crippen LogP contribution in [0.4, 0.5) is 0 Å². The third kappa shape index (κ3) is 6.29. The van der Waals surface area contributed by atoms with Crippen molar-refractivity contribution < 1.29 is 14.3 Å². The molecular weight excluding hydrogens is 390 g/mol. The maximum atomic E-state index is 12.1. The molecule has 31 heavy (non-hydrogen) atoms. The minimum Gasteiger partial charge on any atom is -0.452 e. The zero-order valence-electron chi connectivity index (χ0n) is 20.2. The molecule has 1 aromatic heterocycles. The Labute approximate surface area is 186 Å². The normalized spacial score (nSPS) is 14.0. The number of rotatable bonds is 7. The van der Waals surface area contributed by atoms with E-state index in [4.69, 9.17) is 9.47 Å². The molecule has 1 heterocycles. The van der Waals surface area contributed by atoms with E-state index in [0.717, 1.165) is 22.5 Å². The van der Waals surface area contributed by atoms with Gasteiger partial charge in [-0.1, -0.05) is 58.9 Å². The van der Waals surface area contributed by atoms with Gasteiger partial charge in [0.05, 0.1) is 11.6 Å². The number of hydrogen-bond acceptors (Lipinski definition) is 5. The molecule has 0 N–H and O–H groups in total. The van der Waals surface area contributed by atoms with Crippen LogP contribution < -0.4 is 0 Å². The fraction of sp³-hybridized carbons (Fsp3) is 0.480. The first-order chi connectivity index (χ1) is 14.4. The van der Waals surface area contributed by atoms with E-state index >= 15 is 0 Å². The summed E-state index contributed by atoms with van der Waals surface area (Å²) in [5.41, 5.74) is 4.68. The van der Waals surface area contributed by atoms with Crippen molar-refractivity contribution >= 4 is 23.5 Å². The van der Waals surface area contributed by atoms with Crippen LogP contribution in [0.25, 0.3) is 11.3 Å². The van der Waals surface area contributed by atoms with Crippen LogP contribution >= 0.6 is 0 Å². The highest BCUT2D eigenvalue weighted by atomic mass is 16.7. The van der Waals surface area contributed by atoms with Gasteiger partial charge in [-0.15, -0.1) is 0 Å². The third-order valence-electron chi connectivity index (χ3n) is 4.84. The van der Waals surface area contributed by atoms with Crippen molar-refractivity contribution in [1.29, 1.82) is 0 Å². The van der Waals surface area contributed by atoms with Crippen molar-refractivity contribution in [2.45, 2.75) is 60.2 Å². The van der Waals surface area contributed by atoms with E-state index in [2.05, 4.69) is 55.1 Å². The molecule has 0 radical (unpaired) electrons. The molecule has 0 amide bonds. The van der Waals surface area contributed by atoms with Crippen LogP contribution in [0.15, 0.2) is 35.3 Å². The lowest BCUT2D eigenvalue weighted by Crippen LogP contribution is -2.22. The number of aryl methyl sites for hydroxylation is 2. The minimum absolute atomic E-state index is 0.0549. The van der Waals surface area contributed by atoms with Crippen molar-refractivity contribution in [2.24, 2.45) is 18.0 Å². The molecular formula is C25H35N3O3. The number of aromatic nitrogens is 2. The molecule has 2 aromatic rings. The minimum atomic E-state index is -0.769. The lowest BCUT2D eigenvalue weighted by molar-refractivity contribution is -0.167. The highest BCUT2D eigenvalue weighted by Crippen LogP contribution is 2.30. The molecule has 0 aliphatic rings. The molecule has 0 aliphatic heterocycles. The number of carbonyl (C=O) groups is 1. The summed E-state index contributed by atoms with van der Waals surface area (Å²) < 4.78 is 13.4. The Morgan fingerprint density at radius 1 is 1.13 bits per heavy atom. The molecule has 2 rings (SSSR count). The van der Waals surface area contributed by atoms with Gasteiger partial charge in [0.1, 0.15) is 5.69 Å². The van der Waals surface area contributed by atoms with Gasteiger partial charge in [-0.05, 0) is 29.5 Å². The number of benzene rings is 1. The molecule has 0 saturated heterocycles. The van der Waals surface area contributed by atoms with E-state index in [1.165, 1.54) is 5.56 Å². The van der Waals surface area contributed by atoms with Crippen LogP contribution in [-0.2, 0) is 26.7 Å². The molecule has 6 nitrogen and oxygen atoms in total. The average molecular weight is 426 g/mol. The second-order valence-electron chi connectivity index (χ2n) is 9.03. The molecule has 0 spiro atoms. The van der Waals surface area contributed by atoms with E-state index in [0.29, 0.717) is 5.76 Å². The Morgan fingerprint density at radius 2 is 1.74 bits per heavy atom. The summed E-state index contributed by atoms with van der Waals surface area (Å²) in [6.07, 6.45) is 0.995. The molecule has 0 bridgehead atoms. The van der Waals surface area contributed by atoms with Crippen LogP contribution in [0.5, 0.6) is 0 Å². The number of esters is 1. The van der Waals surface area contributed by atoms with Crippen molar-refractivity contribution in [1.82, 2.24) is 9.78 Å². The van der Waals surface area contributed by atoms with Gasteiger partial charge < -0.3 is 9.47 Å². The number of hydrogen-bond donors (Lipinski definition) is 0. The topological polar surface area (TPSA) is 65.7 Å². The van der Waals surface area contributed by atoms with Crippen molar-refractivity contribution in [3.8, 4) is 0 Å². The SMILES string of the molecule is C/N=C\C(=C(\OC(C)OC(=O)C(C)C)c1cc(C)nn1C)c1ccc(C(C)(C)C)cc1. The van der Waals surface area contributed by atoms with Crippen molar-refractivity contribution in [3.05, 3.63) is 52.8 Å². The van der Waals surface area contributed by atoms with E-state index in [-0.39, 0.29) is 17.3 Å². The fourth-order valence-electron chi connectivity index (χ4n) is 3.12. The van der Waals surface area contributed by atoms with E-state index in [9.17, 15) is 4.79 Å². The van der Waals surface area contributed by atoms with E-state index < -0.39 is 6.29 Å². The van der Waals surface area contributed by atoms with Gasteiger partial charge in [-0.3, -0.25) is 14.5 Å². The lowest BCUT2D eigenvalue weighted by atomic mass is 9.86. The Kier molecular flexibility index (Phi) is 7.82. The summed E-state index contributed by atoms with van der Waals surface area (Å²) in [5, 5.41) is 4.46. The van der Waals surface area contributed by atoms with Crippen molar-refractivity contribution in [3.63, 3.8) is 0 Å². The van der Waals surface area contributed by atoms with E-state index in [1.807, 2.05) is 20.0 Å². The summed E-state index contributed by atoms with van der Waals surface area (Å²) in [7, 11) is 3.58. The number of ether oxygens (including phenoxy) is 2. The zero-order valence-corrected chi connectivity index (χ0v) is 20.2. The van der Waals surface area contributed by atoms with Crippen LogP contribution in [0.2, 0.25) is 0 Å². The van der Waals surface area contributed by atoms with Crippen LogP contribution in [0.3, 0.4) is 0 Å². The quantitative estimate of drug-likeness (QED) is 0.266. The van der Waals surface area contributed by atoms with Gasteiger partial charge >= 0.3 is 5.97 Å². The van der Waals surface area contributed by atoms with Gasteiger partial charge in [-0.2, -0.15) is 5.10 Å². The fourth-order valence-corrected chi connectivity index (χ4v) is 3.12. The molecule has 0 aliphatic carbocycles. The molecule has 0 fully saturated rings. The van der Waals surface area contributed by atoms with Gasteiger partial charge in [0.2, 0.25) is 6.29 Å². The number of aliphatic imine (C=N–C) groups is 1. The second kappa shape index (κ2) is 9.94.